The van der Waals surface area contributed by atoms with Crippen LogP contribution < -0.4 is 5.56 Å². The van der Waals surface area contributed by atoms with Crippen LogP contribution in [0.3, 0.4) is 0 Å². The minimum atomic E-state index is -0.248. The van der Waals surface area contributed by atoms with Crippen LogP contribution in [-0.2, 0) is 13.0 Å². The molecule has 0 saturated heterocycles. The average molecular weight is 292 g/mol. The van der Waals surface area contributed by atoms with Gasteiger partial charge in [0.25, 0.3) is 5.56 Å². The summed E-state index contributed by atoms with van der Waals surface area (Å²) in [5, 5.41) is 9.64. The molecule has 22 heavy (non-hydrogen) atoms. The molecule has 0 radical (unpaired) electrons. The molecule has 3 aromatic rings. The molecule has 0 bridgehead atoms. The van der Waals surface area contributed by atoms with E-state index in [4.69, 9.17) is 0 Å². The van der Waals surface area contributed by atoms with Crippen LogP contribution in [0.1, 0.15) is 17.0 Å². The minimum absolute atomic E-state index is 0.236. The average Bonchev–Trinajstić information content (AvgIpc) is 2.53. The first kappa shape index (κ1) is 14.1. The highest BCUT2D eigenvalue weighted by molar-refractivity contribution is 5.22. The molecule has 0 aliphatic rings. The van der Waals surface area contributed by atoms with E-state index in [0.717, 1.165) is 17.2 Å². The fourth-order valence-corrected chi connectivity index (χ4v) is 2.39. The molecular weight excluding hydrogens is 276 g/mol. The standard InChI is InChI=1S/C18H16N2O2/c21-17-12-18(22)20(13-15-9-5-2-6-10-15)16(19-17)11-14-7-3-1-4-8-14/h1-10,12,21H,11,13H2. The van der Waals surface area contributed by atoms with Crippen molar-refractivity contribution in [2.75, 3.05) is 0 Å². The van der Waals surface area contributed by atoms with Crippen molar-refractivity contribution in [3.63, 3.8) is 0 Å². The van der Waals surface area contributed by atoms with E-state index >= 15 is 0 Å². The van der Waals surface area contributed by atoms with Gasteiger partial charge in [-0.25, -0.2) is 0 Å². The molecule has 0 amide bonds. The maximum Gasteiger partial charge on any atom is 0.257 e. The van der Waals surface area contributed by atoms with Gasteiger partial charge in [0.2, 0.25) is 5.88 Å². The van der Waals surface area contributed by atoms with Crippen LogP contribution in [0.15, 0.2) is 71.5 Å². The van der Waals surface area contributed by atoms with E-state index in [9.17, 15) is 9.90 Å². The molecule has 3 rings (SSSR count). The summed E-state index contributed by atoms with van der Waals surface area (Å²) in [7, 11) is 0. The molecule has 0 aliphatic heterocycles. The van der Waals surface area contributed by atoms with E-state index in [-0.39, 0.29) is 11.4 Å². The van der Waals surface area contributed by atoms with E-state index in [1.54, 1.807) is 4.57 Å². The van der Waals surface area contributed by atoms with Gasteiger partial charge in [-0.3, -0.25) is 9.36 Å². The quantitative estimate of drug-likeness (QED) is 0.804. The number of rotatable bonds is 4. The normalized spacial score (nSPS) is 10.5. The zero-order valence-electron chi connectivity index (χ0n) is 12.0. The molecule has 0 fully saturated rings. The van der Waals surface area contributed by atoms with Gasteiger partial charge in [-0.15, -0.1) is 0 Å². The van der Waals surface area contributed by atoms with Crippen LogP contribution in [0.2, 0.25) is 0 Å². The first-order valence-corrected chi connectivity index (χ1v) is 7.10. The molecular formula is C18H16N2O2. The lowest BCUT2D eigenvalue weighted by molar-refractivity contribution is 0.442. The summed E-state index contributed by atoms with van der Waals surface area (Å²) < 4.78 is 1.60. The van der Waals surface area contributed by atoms with Crippen LogP contribution in [-0.4, -0.2) is 14.7 Å². The predicted octanol–water partition coefficient (Wildman–Crippen LogP) is 2.59. The lowest BCUT2D eigenvalue weighted by Crippen LogP contribution is -2.25. The van der Waals surface area contributed by atoms with Gasteiger partial charge >= 0.3 is 0 Å². The van der Waals surface area contributed by atoms with E-state index in [1.165, 1.54) is 0 Å². The van der Waals surface area contributed by atoms with Gasteiger partial charge in [0, 0.05) is 6.42 Å². The van der Waals surface area contributed by atoms with Crippen molar-refractivity contribution in [1.29, 1.82) is 0 Å². The Morgan fingerprint density at radius 3 is 2.14 bits per heavy atom. The minimum Gasteiger partial charge on any atom is -0.493 e. The van der Waals surface area contributed by atoms with Crippen LogP contribution in [0.4, 0.5) is 0 Å². The topological polar surface area (TPSA) is 55.1 Å². The molecule has 0 unspecified atom stereocenters. The SMILES string of the molecule is O=c1cc(O)nc(Cc2ccccc2)n1Cc1ccccc1. The Morgan fingerprint density at radius 2 is 1.50 bits per heavy atom. The summed E-state index contributed by atoms with van der Waals surface area (Å²) in [6.45, 7) is 0.440. The third-order valence-electron chi connectivity index (χ3n) is 3.46. The zero-order valence-corrected chi connectivity index (χ0v) is 12.0. The van der Waals surface area contributed by atoms with Crippen LogP contribution >= 0.6 is 0 Å². The summed E-state index contributed by atoms with van der Waals surface area (Å²) in [5.41, 5.74) is 1.82. The van der Waals surface area contributed by atoms with Crippen molar-refractivity contribution in [2.45, 2.75) is 13.0 Å². The van der Waals surface area contributed by atoms with Gasteiger partial charge in [-0.2, -0.15) is 4.98 Å². The zero-order chi connectivity index (χ0) is 15.4. The summed E-state index contributed by atoms with van der Waals surface area (Å²) in [5.74, 6) is 0.320. The van der Waals surface area contributed by atoms with E-state index in [2.05, 4.69) is 4.98 Å². The fraction of sp³-hybridized carbons (Fsp3) is 0.111. The molecule has 1 aromatic heterocycles. The number of benzene rings is 2. The van der Waals surface area contributed by atoms with Crippen molar-refractivity contribution in [2.24, 2.45) is 0 Å². The second-order valence-electron chi connectivity index (χ2n) is 5.10. The van der Waals surface area contributed by atoms with E-state index in [1.807, 2.05) is 60.7 Å². The summed E-state index contributed by atoms with van der Waals surface area (Å²) in [6, 6.07) is 20.7. The lowest BCUT2D eigenvalue weighted by atomic mass is 10.1. The van der Waals surface area contributed by atoms with E-state index < -0.39 is 0 Å². The Bertz CT molecular complexity index is 811. The van der Waals surface area contributed by atoms with Gasteiger partial charge in [-0.1, -0.05) is 60.7 Å². The molecule has 4 heteroatoms. The Labute approximate surface area is 128 Å². The monoisotopic (exact) mass is 292 g/mol. The molecule has 4 nitrogen and oxygen atoms in total. The molecule has 2 aromatic carbocycles. The van der Waals surface area contributed by atoms with Crippen molar-refractivity contribution < 1.29 is 5.11 Å². The van der Waals surface area contributed by atoms with Gasteiger partial charge in [0.15, 0.2) is 0 Å². The molecule has 0 atom stereocenters. The molecule has 1 heterocycles. The smallest absolute Gasteiger partial charge is 0.257 e. The van der Waals surface area contributed by atoms with E-state index in [0.29, 0.717) is 18.8 Å². The van der Waals surface area contributed by atoms with Crippen LogP contribution in [0.25, 0.3) is 0 Å². The summed E-state index contributed by atoms with van der Waals surface area (Å²) >= 11 is 0. The molecule has 1 N–H and O–H groups in total. The number of aromatic nitrogens is 2. The number of hydrogen-bond donors (Lipinski definition) is 1. The molecule has 0 spiro atoms. The predicted molar refractivity (Wildman–Crippen MR) is 85.0 cm³/mol. The van der Waals surface area contributed by atoms with Crippen LogP contribution in [0, 0.1) is 0 Å². The molecule has 0 aliphatic carbocycles. The van der Waals surface area contributed by atoms with Gasteiger partial charge in [0.05, 0.1) is 12.6 Å². The summed E-state index contributed by atoms with van der Waals surface area (Å²) in [6.07, 6.45) is 0.497. The first-order valence-electron chi connectivity index (χ1n) is 7.10. The Balaban J connectivity index is 1.99. The van der Waals surface area contributed by atoms with Crippen molar-refractivity contribution in [1.82, 2.24) is 9.55 Å². The molecule has 110 valence electrons. The van der Waals surface area contributed by atoms with Crippen molar-refractivity contribution in [3.8, 4) is 5.88 Å². The number of aromatic hydroxyl groups is 1. The third-order valence-corrected chi connectivity index (χ3v) is 3.46. The fourth-order valence-electron chi connectivity index (χ4n) is 2.39. The highest BCUT2D eigenvalue weighted by atomic mass is 16.3. The highest BCUT2D eigenvalue weighted by Gasteiger charge is 2.09. The van der Waals surface area contributed by atoms with Crippen LogP contribution in [0.5, 0.6) is 5.88 Å². The number of nitrogens with zero attached hydrogens (tertiary/aromatic N) is 2. The largest absolute Gasteiger partial charge is 0.493 e. The highest BCUT2D eigenvalue weighted by Crippen LogP contribution is 2.11. The van der Waals surface area contributed by atoms with Gasteiger partial charge < -0.3 is 5.11 Å². The Hall–Kier alpha value is -2.88. The molecule has 0 saturated carbocycles. The second-order valence-corrected chi connectivity index (χ2v) is 5.10. The first-order chi connectivity index (χ1) is 10.7. The number of hydrogen-bond acceptors (Lipinski definition) is 3. The van der Waals surface area contributed by atoms with Crippen molar-refractivity contribution in [3.05, 3.63) is 94.0 Å². The van der Waals surface area contributed by atoms with Gasteiger partial charge in [0.1, 0.15) is 5.82 Å². The maximum absolute atomic E-state index is 12.2. The lowest BCUT2D eigenvalue weighted by Gasteiger charge is -2.12. The Kier molecular flexibility index (Phi) is 4.01. The van der Waals surface area contributed by atoms with Gasteiger partial charge in [-0.05, 0) is 11.1 Å². The maximum atomic E-state index is 12.2. The Morgan fingerprint density at radius 1 is 0.909 bits per heavy atom. The second kappa shape index (κ2) is 6.26. The summed E-state index contributed by atoms with van der Waals surface area (Å²) in [4.78, 5) is 16.4. The van der Waals surface area contributed by atoms with Crippen molar-refractivity contribution >= 4 is 0 Å². The third kappa shape index (κ3) is 3.23.